The van der Waals surface area contributed by atoms with Gasteiger partial charge in [-0.05, 0) is 25.0 Å². The molecule has 4 amide bonds. The normalized spacial score (nSPS) is 19.8. The lowest BCUT2D eigenvalue weighted by molar-refractivity contribution is -0.144. The minimum absolute atomic E-state index is 0.0221. The number of carbonyl (C=O) groups excluding carboxylic acids is 3. The molecule has 7 nitrogen and oxygen atoms in total. The van der Waals surface area contributed by atoms with Gasteiger partial charge in [0.25, 0.3) is 0 Å². The van der Waals surface area contributed by atoms with Gasteiger partial charge >= 0.3 is 17.8 Å². The van der Waals surface area contributed by atoms with E-state index in [2.05, 4.69) is 4.98 Å². The van der Waals surface area contributed by atoms with E-state index in [-0.39, 0.29) is 12.6 Å². The van der Waals surface area contributed by atoms with Gasteiger partial charge in [-0.2, -0.15) is 0 Å². The number of imidazole rings is 1. The summed E-state index contributed by atoms with van der Waals surface area (Å²) in [5, 5.41) is 0. The van der Waals surface area contributed by atoms with Crippen LogP contribution in [0, 0.1) is 0 Å². The Morgan fingerprint density at radius 3 is 2.58 bits per heavy atom. The first-order valence-electron chi connectivity index (χ1n) is 8.27. The van der Waals surface area contributed by atoms with Gasteiger partial charge < -0.3 is 4.40 Å². The largest absolute Gasteiger partial charge is 0.334 e. The molecule has 1 saturated heterocycles. The topological polar surface area (TPSA) is 75.0 Å². The van der Waals surface area contributed by atoms with Crippen molar-refractivity contribution in [2.24, 2.45) is 0 Å². The number of hydrogen-bond donors (Lipinski definition) is 0. The lowest BCUT2D eigenvalue weighted by atomic mass is 9.94. The highest BCUT2D eigenvalue weighted by molar-refractivity contribution is 6.44. The molecule has 2 aliphatic rings. The number of rotatable bonds is 3. The Balaban J connectivity index is 1.57. The van der Waals surface area contributed by atoms with Crippen molar-refractivity contribution in [1.29, 1.82) is 0 Å². The number of nitrogens with zero attached hydrogens (tertiary/aromatic N) is 4. The second-order valence-corrected chi connectivity index (χ2v) is 6.34. The van der Waals surface area contributed by atoms with Gasteiger partial charge in [-0.25, -0.2) is 14.7 Å². The third kappa shape index (κ3) is 2.36. The van der Waals surface area contributed by atoms with E-state index in [1.807, 2.05) is 28.8 Å². The molecular formula is C17H18N4O3. The monoisotopic (exact) mass is 326 g/mol. The first-order valence-corrected chi connectivity index (χ1v) is 8.27. The first kappa shape index (κ1) is 14.9. The molecular weight excluding hydrogens is 308 g/mol. The molecule has 0 bridgehead atoms. The lowest BCUT2D eigenvalue weighted by Crippen LogP contribution is -2.42. The molecule has 2 aromatic heterocycles. The third-order valence-corrected chi connectivity index (χ3v) is 4.76. The quantitative estimate of drug-likeness (QED) is 0.638. The van der Waals surface area contributed by atoms with Gasteiger partial charge in [-0.1, -0.05) is 25.3 Å². The summed E-state index contributed by atoms with van der Waals surface area (Å²) in [7, 11) is 0. The van der Waals surface area contributed by atoms with E-state index in [1.54, 1.807) is 6.20 Å². The predicted octanol–water partition coefficient (Wildman–Crippen LogP) is 1.96. The molecule has 1 saturated carbocycles. The second-order valence-electron chi connectivity index (χ2n) is 6.34. The fourth-order valence-corrected chi connectivity index (χ4v) is 3.55. The molecule has 124 valence electrons. The summed E-state index contributed by atoms with van der Waals surface area (Å²) < 4.78 is 1.82. The Labute approximate surface area is 138 Å². The molecule has 2 aromatic rings. The number of hydrogen-bond acceptors (Lipinski definition) is 4. The van der Waals surface area contributed by atoms with Crippen LogP contribution in [0.2, 0.25) is 0 Å². The summed E-state index contributed by atoms with van der Waals surface area (Å²) in [6.45, 7) is 0.0221. The molecule has 24 heavy (non-hydrogen) atoms. The first-order chi connectivity index (χ1) is 11.6. The lowest BCUT2D eigenvalue weighted by Gasteiger charge is -2.28. The van der Waals surface area contributed by atoms with E-state index < -0.39 is 17.8 Å². The number of carbonyl (C=O) groups is 3. The zero-order valence-electron chi connectivity index (χ0n) is 13.2. The smallest absolute Gasteiger partial charge is 0.307 e. The van der Waals surface area contributed by atoms with Gasteiger partial charge in [0.2, 0.25) is 0 Å². The van der Waals surface area contributed by atoms with Crippen molar-refractivity contribution in [3.63, 3.8) is 0 Å². The van der Waals surface area contributed by atoms with Crippen LogP contribution in [0.1, 0.15) is 37.8 Å². The average molecular weight is 326 g/mol. The molecule has 3 heterocycles. The van der Waals surface area contributed by atoms with Gasteiger partial charge in [-0.3, -0.25) is 14.5 Å². The number of fused-ring (bicyclic) bond motifs is 1. The summed E-state index contributed by atoms with van der Waals surface area (Å²) in [5.41, 5.74) is 1.32. The zero-order chi connectivity index (χ0) is 16.7. The van der Waals surface area contributed by atoms with E-state index in [4.69, 9.17) is 0 Å². The Bertz CT molecular complexity index is 789. The highest BCUT2D eigenvalue weighted by Gasteiger charge is 2.47. The van der Waals surface area contributed by atoms with Crippen molar-refractivity contribution in [1.82, 2.24) is 19.2 Å². The van der Waals surface area contributed by atoms with Crippen molar-refractivity contribution >= 4 is 23.5 Å². The average Bonchev–Trinajstić information content (AvgIpc) is 3.10. The summed E-state index contributed by atoms with van der Waals surface area (Å²) in [6, 6.07) is 4.94. The Kier molecular flexibility index (Phi) is 3.55. The highest BCUT2D eigenvalue weighted by Crippen LogP contribution is 2.27. The highest BCUT2D eigenvalue weighted by atomic mass is 16.2. The van der Waals surface area contributed by atoms with Crippen LogP contribution < -0.4 is 0 Å². The molecule has 0 aromatic carbocycles. The van der Waals surface area contributed by atoms with Crippen LogP contribution >= 0.6 is 0 Å². The Morgan fingerprint density at radius 2 is 1.83 bits per heavy atom. The van der Waals surface area contributed by atoms with Crippen LogP contribution in [0.5, 0.6) is 0 Å². The van der Waals surface area contributed by atoms with Crippen LogP contribution in [-0.2, 0) is 16.1 Å². The fourth-order valence-electron chi connectivity index (χ4n) is 3.55. The van der Waals surface area contributed by atoms with E-state index in [1.165, 1.54) is 0 Å². The summed E-state index contributed by atoms with van der Waals surface area (Å²) in [5.74, 6) is -1.45. The number of urea groups is 1. The molecule has 2 fully saturated rings. The summed E-state index contributed by atoms with van der Waals surface area (Å²) in [4.78, 5) is 43.7. The van der Waals surface area contributed by atoms with Crippen molar-refractivity contribution < 1.29 is 14.4 Å². The maximum absolute atomic E-state index is 12.6. The number of pyridine rings is 1. The summed E-state index contributed by atoms with van der Waals surface area (Å²) >= 11 is 0. The van der Waals surface area contributed by atoms with Crippen molar-refractivity contribution in [3.05, 3.63) is 36.3 Å². The van der Waals surface area contributed by atoms with Crippen molar-refractivity contribution in [2.75, 3.05) is 0 Å². The molecule has 4 rings (SSSR count). The van der Waals surface area contributed by atoms with E-state index >= 15 is 0 Å². The third-order valence-electron chi connectivity index (χ3n) is 4.76. The molecule has 0 atom stereocenters. The van der Waals surface area contributed by atoms with Crippen molar-refractivity contribution in [3.8, 4) is 0 Å². The molecule has 1 aliphatic heterocycles. The molecule has 7 heteroatoms. The van der Waals surface area contributed by atoms with Crippen LogP contribution in [0.15, 0.2) is 30.6 Å². The molecule has 1 aliphatic carbocycles. The summed E-state index contributed by atoms with van der Waals surface area (Å²) in [6.07, 6.45) is 8.28. The molecule has 0 N–H and O–H groups in total. The number of imide groups is 2. The minimum Gasteiger partial charge on any atom is -0.307 e. The standard InChI is InChI=1S/C17H18N4O3/c22-15-16(23)21(13-6-2-1-3-7-13)17(24)20(15)11-12-10-19-9-5-4-8-14(19)18-12/h4-5,8-10,13H,1-3,6-7,11H2. The molecule has 0 radical (unpaired) electrons. The van der Waals surface area contributed by atoms with Crippen LogP contribution in [0.25, 0.3) is 5.65 Å². The van der Waals surface area contributed by atoms with Crippen LogP contribution in [-0.4, -0.2) is 43.1 Å². The van der Waals surface area contributed by atoms with Gasteiger partial charge in [0, 0.05) is 18.4 Å². The number of aromatic nitrogens is 2. The van der Waals surface area contributed by atoms with Crippen molar-refractivity contribution in [2.45, 2.75) is 44.7 Å². The van der Waals surface area contributed by atoms with Gasteiger partial charge in [0.15, 0.2) is 0 Å². The van der Waals surface area contributed by atoms with E-state index in [0.717, 1.165) is 47.6 Å². The van der Waals surface area contributed by atoms with Crippen LogP contribution in [0.3, 0.4) is 0 Å². The Morgan fingerprint density at radius 1 is 1.04 bits per heavy atom. The SMILES string of the molecule is O=C1C(=O)N(C2CCCCC2)C(=O)N1Cc1cn2ccccc2n1. The molecule has 0 spiro atoms. The zero-order valence-corrected chi connectivity index (χ0v) is 13.2. The molecule has 0 unspecified atom stereocenters. The number of amides is 4. The minimum atomic E-state index is -0.748. The van der Waals surface area contributed by atoms with Gasteiger partial charge in [0.05, 0.1) is 12.2 Å². The maximum atomic E-state index is 12.6. The predicted molar refractivity (Wildman–Crippen MR) is 84.9 cm³/mol. The van der Waals surface area contributed by atoms with E-state index in [0.29, 0.717) is 5.69 Å². The maximum Gasteiger partial charge on any atom is 0.334 e. The second kappa shape index (κ2) is 5.74. The van der Waals surface area contributed by atoms with E-state index in [9.17, 15) is 14.4 Å². The van der Waals surface area contributed by atoms with Gasteiger partial charge in [0.1, 0.15) is 5.65 Å². The van der Waals surface area contributed by atoms with Crippen LogP contribution in [0.4, 0.5) is 4.79 Å². The fraction of sp³-hybridized carbons (Fsp3) is 0.412. The Hall–Kier alpha value is -2.70. The van der Waals surface area contributed by atoms with Gasteiger partial charge in [-0.15, -0.1) is 0 Å².